The van der Waals surface area contributed by atoms with Crippen molar-refractivity contribution in [2.24, 2.45) is 0 Å². The molecule has 0 bridgehead atoms. The smallest absolute Gasteiger partial charge is 0.268 e. The fourth-order valence-electron chi connectivity index (χ4n) is 4.39. The summed E-state index contributed by atoms with van der Waals surface area (Å²) in [6.45, 7) is 12.7. The number of halogens is 2. The molecule has 1 fully saturated rings. The number of hydrogen-bond donors (Lipinski definition) is 1. The van der Waals surface area contributed by atoms with E-state index in [0.717, 1.165) is 0 Å². The van der Waals surface area contributed by atoms with Crippen LogP contribution in [-0.4, -0.2) is 75.7 Å². The third-order valence-electron chi connectivity index (χ3n) is 7.78. The standard InChI is InChI=1S/C29H32Cl2N8O3Si/c1-29(2,3)43(4,5)42-19-14-38(15-19)16-23(27(40)37-24-10-9-18(11-32)12-33-24)41-28-20-13-36-39(26(20)34-17-35-28)25-21(30)7-6-8-22(25)31/h6-10,12-13,17,19,23H,14-16H2,1-5H3,(H,33,37,40). The lowest BCUT2D eigenvalue weighted by Gasteiger charge is -2.46. The number of benzene rings is 1. The predicted molar refractivity (Wildman–Crippen MR) is 167 cm³/mol. The van der Waals surface area contributed by atoms with Gasteiger partial charge in [0.05, 0.1) is 27.9 Å². The molecular weight excluding hydrogens is 607 g/mol. The monoisotopic (exact) mass is 638 g/mol. The van der Waals surface area contributed by atoms with Crippen molar-refractivity contribution in [3.63, 3.8) is 0 Å². The fourth-order valence-corrected chi connectivity index (χ4v) is 6.29. The van der Waals surface area contributed by atoms with E-state index in [-0.39, 0.29) is 23.6 Å². The molecule has 0 saturated carbocycles. The molecule has 224 valence electrons. The van der Waals surface area contributed by atoms with Gasteiger partial charge in [-0.1, -0.05) is 50.0 Å². The van der Waals surface area contributed by atoms with Crippen molar-refractivity contribution >= 4 is 54.3 Å². The number of carbonyl (C=O) groups is 1. The van der Waals surface area contributed by atoms with Crippen LogP contribution in [0.2, 0.25) is 28.2 Å². The van der Waals surface area contributed by atoms with Crippen LogP contribution in [0.3, 0.4) is 0 Å². The molecule has 1 saturated heterocycles. The minimum Gasteiger partial charge on any atom is -0.462 e. The Morgan fingerprint density at radius 1 is 1.14 bits per heavy atom. The lowest BCUT2D eigenvalue weighted by molar-refractivity contribution is -0.125. The second-order valence-electron chi connectivity index (χ2n) is 11.9. The van der Waals surface area contributed by atoms with Gasteiger partial charge in [-0.2, -0.15) is 10.4 Å². The van der Waals surface area contributed by atoms with E-state index in [1.165, 1.54) is 17.2 Å². The van der Waals surface area contributed by atoms with Crippen molar-refractivity contribution in [1.82, 2.24) is 29.6 Å². The quantitative estimate of drug-likeness (QED) is 0.237. The Balaban J connectivity index is 1.38. The molecule has 5 rings (SSSR count). The highest BCUT2D eigenvalue weighted by Crippen LogP contribution is 2.38. The van der Waals surface area contributed by atoms with E-state index in [1.807, 2.05) is 6.07 Å². The minimum absolute atomic E-state index is 0.0918. The first kappa shape index (κ1) is 30.8. The van der Waals surface area contributed by atoms with E-state index in [9.17, 15) is 4.79 Å². The topological polar surface area (TPSA) is 131 Å². The fraction of sp³-hybridized carbons (Fsp3) is 0.379. The maximum Gasteiger partial charge on any atom is 0.268 e. The summed E-state index contributed by atoms with van der Waals surface area (Å²) in [7, 11) is -1.93. The van der Waals surface area contributed by atoms with Crippen LogP contribution in [0.4, 0.5) is 5.82 Å². The van der Waals surface area contributed by atoms with E-state index in [1.54, 1.807) is 36.5 Å². The van der Waals surface area contributed by atoms with Crippen LogP contribution >= 0.6 is 23.2 Å². The first-order valence-corrected chi connectivity index (χ1v) is 17.4. The summed E-state index contributed by atoms with van der Waals surface area (Å²) in [4.78, 5) is 28.5. The summed E-state index contributed by atoms with van der Waals surface area (Å²) in [5.74, 6) is 0.0654. The van der Waals surface area contributed by atoms with Crippen molar-refractivity contribution in [2.45, 2.75) is 51.1 Å². The van der Waals surface area contributed by atoms with Crippen molar-refractivity contribution in [2.75, 3.05) is 25.0 Å². The number of rotatable bonds is 9. The third-order valence-corrected chi connectivity index (χ3v) is 12.9. The first-order chi connectivity index (χ1) is 20.4. The van der Waals surface area contributed by atoms with Crippen LogP contribution in [0.25, 0.3) is 16.7 Å². The molecule has 43 heavy (non-hydrogen) atoms. The number of hydrogen-bond acceptors (Lipinski definition) is 9. The lowest BCUT2D eigenvalue weighted by atomic mass is 10.1. The van der Waals surface area contributed by atoms with Crippen LogP contribution < -0.4 is 10.1 Å². The second kappa shape index (κ2) is 12.2. The molecule has 1 unspecified atom stereocenters. The number of nitrogens with one attached hydrogen (secondary N) is 1. The van der Waals surface area contributed by atoms with Crippen molar-refractivity contribution in [3.8, 4) is 17.6 Å². The Morgan fingerprint density at radius 3 is 2.49 bits per heavy atom. The number of aromatic nitrogens is 5. The number of amides is 1. The van der Waals surface area contributed by atoms with Gasteiger partial charge in [-0.25, -0.2) is 19.6 Å². The van der Waals surface area contributed by atoms with Crippen LogP contribution in [0, 0.1) is 11.3 Å². The van der Waals surface area contributed by atoms with E-state index in [0.29, 0.717) is 51.2 Å². The molecule has 1 atom stereocenters. The lowest BCUT2D eigenvalue weighted by Crippen LogP contribution is -2.60. The van der Waals surface area contributed by atoms with Gasteiger partial charge in [-0.05, 0) is 42.4 Å². The van der Waals surface area contributed by atoms with Gasteiger partial charge in [-0.3, -0.25) is 9.69 Å². The Labute approximate surface area is 260 Å². The summed E-state index contributed by atoms with van der Waals surface area (Å²) in [5.41, 5.74) is 1.28. The number of pyridine rings is 1. The Kier molecular flexibility index (Phi) is 8.74. The number of ether oxygens (including phenoxy) is 1. The third kappa shape index (κ3) is 6.66. The zero-order valence-electron chi connectivity index (χ0n) is 24.5. The highest BCUT2D eigenvalue weighted by atomic mass is 35.5. The molecule has 1 aromatic carbocycles. The van der Waals surface area contributed by atoms with Gasteiger partial charge in [0.1, 0.15) is 29.3 Å². The molecule has 14 heteroatoms. The summed E-state index contributed by atoms with van der Waals surface area (Å²) < 4.78 is 14.3. The minimum atomic E-state index is -1.93. The number of nitrogens with zero attached hydrogens (tertiary/aromatic N) is 7. The normalized spacial score (nSPS) is 15.1. The van der Waals surface area contributed by atoms with Crippen LogP contribution in [0.1, 0.15) is 26.3 Å². The Hall–Kier alpha value is -3.60. The van der Waals surface area contributed by atoms with Crippen LogP contribution in [0.5, 0.6) is 5.88 Å². The molecule has 1 aliphatic heterocycles. The zero-order chi connectivity index (χ0) is 30.9. The highest BCUT2D eigenvalue weighted by Gasteiger charge is 2.42. The van der Waals surface area contributed by atoms with Gasteiger partial charge >= 0.3 is 0 Å². The number of nitriles is 1. The highest BCUT2D eigenvalue weighted by molar-refractivity contribution is 6.74. The summed E-state index contributed by atoms with van der Waals surface area (Å²) in [6, 6.07) is 10.3. The summed E-state index contributed by atoms with van der Waals surface area (Å²) in [5, 5.41) is 17.7. The molecule has 1 aliphatic rings. The van der Waals surface area contributed by atoms with Crippen molar-refractivity contribution in [1.29, 1.82) is 5.26 Å². The van der Waals surface area contributed by atoms with Gasteiger partial charge in [-0.15, -0.1) is 0 Å². The largest absolute Gasteiger partial charge is 0.462 e. The number of likely N-dealkylation sites (tertiary alicyclic amines) is 1. The molecular formula is C29H32Cl2N8O3Si. The van der Waals surface area contributed by atoms with Crippen molar-refractivity contribution in [3.05, 3.63) is 64.7 Å². The number of para-hydroxylation sites is 1. The molecule has 0 aliphatic carbocycles. The SMILES string of the molecule is CC(C)(C)[Si](C)(C)OC1CN(CC(Oc2ncnc3c2cnn3-c2c(Cl)cccc2Cl)C(=O)Nc2ccc(C#N)cn2)C1. The maximum absolute atomic E-state index is 13.5. The second-order valence-corrected chi connectivity index (χ2v) is 17.5. The molecule has 3 aromatic heterocycles. The van der Waals surface area contributed by atoms with E-state index in [2.05, 4.69) is 64.1 Å². The molecule has 1 amide bonds. The Morgan fingerprint density at radius 2 is 1.86 bits per heavy atom. The zero-order valence-corrected chi connectivity index (χ0v) is 27.0. The van der Waals surface area contributed by atoms with Crippen molar-refractivity contribution < 1.29 is 14.0 Å². The number of anilines is 1. The maximum atomic E-state index is 13.5. The summed E-state index contributed by atoms with van der Waals surface area (Å²) >= 11 is 12.9. The van der Waals surface area contributed by atoms with E-state index >= 15 is 0 Å². The molecule has 4 aromatic rings. The predicted octanol–water partition coefficient (Wildman–Crippen LogP) is 5.48. The van der Waals surface area contributed by atoms with E-state index < -0.39 is 20.3 Å². The summed E-state index contributed by atoms with van der Waals surface area (Å²) in [6.07, 6.45) is 3.41. The average Bonchev–Trinajstić information content (AvgIpc) is 3.35. The molecule has 11 nitrogen and oxygen atoms in total. The van der Waals surface area contributed by atoms with Gasteiger partial charge in [0.25, 0.3) is 5.91 Å². The molecule has 4 heterocycles. The average molecular weight is 640 g/mol. The van der Waals surface area contributed by atoms with Gasteiger partial charge in [0.15, 0.2) is 20.1 Å². The van der Waals surface area contributed by atoms with Crippen LogP contribution in [-0.2, 0) is 9.22 Å². The number of carbonyl (C=O) groups excluding carboxylic acids is 1. The molecule has 1 N–H and O–H groups in total. The van der Waals surface area contributed by atoms with E-state index in [4.69, 9.17) is 37.6 Å². The molecule has 0 radical (unpaired) electrons. The molecule has 0 spiro atoms. The van der Waals surface area contributed by atoms with Gasteiger partial charge in [0.2, 0.25) is 5.88 Å². The Bertz CT molecular complexity index is 1660. The first-order valence-electron chi connectivity index (χ1n) is 13.7. The van der Waals surface area contributed by atoms with Crippen LogP contribution in [0.15, 0.2) is 49.1 Å². The van der Waals surface area contributed by atoms with Gasteiger partial charge < -0.3 is 14.5 Å². The number of fused-ring (bicyclic) bond motifs is 1. The van der Waals surface area contributed by atoms with Gasteiger partial charge in [0, 0.05) is 25.8 Å².